The molecule has 0 aromatic heterocycles. The number of hydrogen-bond acceptors (Lipinski definition) is 3. The summed E-state index contributed by atoms with van der Waals surface area (Å²) in [5.74, 6) is -0.475. The predicted molar refractivity (Wildman–Crippen MR) is 95.1 cm³/mol. The summed E-state index contributed by atoms with van der Waals surface area (Å²) in [7, 11) is -3.71. The van der Waals surface area contributed by atoms with Gasteiger partial charge in [0, 0.05) is 32.6 Å². The lowest BCUT2D eigenvalue weighted by molar-refractivity contribution is -0.132. The fraction of sp³-hybridized carbons (Fsp3) is 0.611. The van der Waals surface area contributed by atoms with Crippen LogP contribution in [0.15, 0.2) is 29.2 Å². The Morgan fingerprint density at radius 2 is 1.76 bits per heavy atom. The molecule has 1 fully saturated rings. The molecule has 5 nitrogen and oxygen atoms in total. The molecule has 0 bridgehead atoms. The summed E-state index contributed by atoms with van der Waals surface area (Å²) in [6.45, 7) is 3.44. The van der Waals surface area contributed by atoms with Gasteiger partial charge in [0.05, 0.1) is 4.90 Å². The van der Waals surface area contributed by atoms with Gasteiger partial charge in [0.1, 0.15) is 5.82 Å². The maximum Gasteiger partial charge on any atom is 0.243 e. The Hall–Kier alpha value is -1.47. The van der Waals surface area contributed by atoms with Gasteiger partial charge in [-0.2, -0.15) is 4.31 Å². The zero-order valence-corrected chi connectivity index (χ0v) is 15.6. The highest BCUT2D eigenvalue weighted by Crippen LogP contribution is 2.19. The van der Waals surface area contributed by atoms with E-state index >= 15 is 0 Å². The Bertz CT molecular complexity index is 671. The van der Waals surface area contributed by atoms with Crippen LogP contribution in [0.1, 0.15) is 45.4 Å². The number of piperazine rings is 1. The molecule has 0 N–H and O–H groups in total. The van der Waals surface area contributed by atoms with E-state index in [1.165, 1.54) is 35.3 Å². The number of unbranched alkanes of at least 4 members (excludes halogenated alkanes) is 4. The molecule has 1 heterocycles. The van der Waals surface area contributed by atoms with Crippen LogP contribution in [0.25, 0.3) is 0 Å². The maximum absolute atomic E-state index is 13.3. The lowest BCUT2D eigenvalue weighted by Gasteiger charge is -2.34. The van der Waals surface area contributed by atoms with E-state index in [1.807, 2.05) is 0 Å². The highest BCUT2D eigenvalue weighted by molar-refractivity contribution is 7.89. The summed E-state index contributed by atoms with van der Waals surface area (Å²) in [5, 5.41) is 0. The van der Waals surface area contributed by atoms with Crippen molar-refractivity contribution in [1.29, 1.82) is 0 Å². The van der Waals surface area contributed by atoms with E-state index < -0.39 is 15.8 Å². The summed E-state index contributed by atoms with van der Waals surface area (Å²) in [4.78, 5) is 13.9. The largest absolute Gasteiger partial charge is 0.340 e. The normalized spacial score (nSPS) is 16.2. The maximum atomic E-state index is 13.3. The van der Waals surface area contributed by atoms with E-state index in [1.54, 1.807) is 4.90 Å². The van der Waals surface area contributed by atoms with E-state index in [-0.39, 0.29) is 23.9 Å². The first-order chi connectivity index (χ1) is 11.9. The van der Waals surface area contributed by atoms with E-state index in [2.05, 4.69) is 6.92 Å². The molecule has 1 aromatic carbocycles. The average Bonchev–Trinajstić information content (AvgIpc) is 2.61. The second-order valence-electron chi connectivity index (χ2n) is 6.41. The number of rotatable bonds is 8. The van der Waals surface area contributed by atoms with Crippen LogP contribution in [0.3, 0.4) is 0 Å². The van der Waals surface area contributed by atoms with Gasteiger partial charge in [-0.25, -0.2) is 12.8 Å². The Balaban J connectivity index is 1.83. The van der Waals surface area contributed by atoms with Crippen LogP contribution in [0.4, 0.5) is 4.39 Å². The van der Waals surface area contributed by atoms with Gasteiger partial charge >= 0.3 is 0 Å². The number of amides is 1. The van der Waals surface area contributed by atoms with E-state index in [0.29, 0.717) is 19.5 Å². The topological polar surface area (TPSA) is 57.7 Å². The second-order valence-corrected chi connectivity index (χ2v) is 8.34. The van der Waals surface area contributed by atoms with Gasteiger partial charge in [-0.3, -0.25) is 4.79 Å². The van der Waals surface area contributed by atoms with Crippen molar-refractivity contribution in [3.8, 4) is 0 Å². The van der Waals surface area contributed by atoms with Gasteiger partial charge in [0.25, 0.3) is 0 Å². The van der Waals surface area contributed by atoms with Crippen molar-refractivity contribution < 1.29 is 17.6 Å². The molecule has 0 saturated carbocycles. The van der Waals surface area contributed by atoms with Crippen LogP contribution in [0.5, 0.6) is 0 Å². The molecule has 0 unspecified atom stereocenters. The van der Waals surface area contributed by atoms with Gasteiger partial charge in [0.2, 0.25) is 15.9 Å². The van der Waals surface area contributed by atoms with Crippen LogP contribution in [0.2, 0.25) is 0 Å². The molecule has 7 heteroatoms. The molecule has 1 saturated heterocycles. The summed E-state index contributed by atoms with van der Waals surface area (Å²) in [6, 6.07) is 5.03. The number of halogens is 1. The molecular formula is C18H27FN2O3S. The molecule has 140 valence electrons. The minimum absolute atomic E-state index is 0.0387. The van der Waals surface area contributed by atoms with E-state index in [4.69, 9.17) is 0 Å². The molecule has 0 aliphatic carbocycles. The molecule has 1 aliphatic heterocycles. The molecule has 0 spiro atoms. The molecule has 1 aromatic rings. The number of carbonyl (C=O) groups excluding carboxylic acids is 1. The summed E-state index contributed by atoms with van der Waals surface area (Å²) in [6.07, 6.45) is 6.01. The Labute approximate surface area is 149 Å². The van der Waals surface area contributed by atoms with Crippen molar-refractivity contribution in [2.24, 2.45) is 0 Å². The van der Waals surface area contributed by atoms with Crippen molar-refractivity contribution in [2.75, 3.05) is 26.2 Å². The number of benzene rings is 1. The summed E-state index contributed by atoms with van der Waals surface area (Å²) in [5.41, 5.74) is 0. The first-order valence-corrected chi connectivity index (χ1v) is 10.4. The molecule has 0 radical (unpaired) electrons. The average molecular weight is 370 g/mol. The van der Waals surface area contributed by atoms with Gasteiger partial charge < -0.3 is 4.90 Å². The quantitative estimate of drug-likeness (QED) is 0.661. The fourth-order valence-electron chi connectivity index (χ4n) is 2.99. The van der Waals surface area contributed by atoms with Gasteiger partial charge in [-0.1, -0.05) is 38.7 Å². The van der Waals surface area contributed by atoms with Crippen LogP contribution < -0.4 is 0 Å². The van der Waals surface area contributed by atoms with Crippen molar-refractivity contribution in [1.82, 2.24) is 9.21 Å². The Morgan fingerprint density at radius 1 is 1.08 bits per heavy atom. The highest BCUT2D eigenvalue weighted by Gasteiger charge is 2.30. The summed E-state index contributed by atoms with van der Waals surface area (Å²) >= 11 is 0. The number of nitrogens with zero attached hydrogens (tertiary/aromatic N) is 2. The Kier molecular flexibility index (Phi) is 7.38. The lowest BCUT2D eigenvalue weighted by Crippen LogP contribution is -2.50. The molecule has 1 amide bonds. The third-order valence-corrected chi connectivity index (χ3v) is 6.41. The van der Waals surface area contributed by atoms with Gasteiger partial charge in [0.15, 0.2) is 0 Å². The first kappa shape index (κ1) is 19.8. The van der Waals surface area contributed by atoms with Crippen molar-refractivity contribution >= 4 is 15.9 Å². The third-order valence-electron chi connectivity index (χ3n) is 4.52. The van der Waals surface area contributed by atoms with Crippen molar-refractivity contribution in [3.05, 3.63) is 30.1 Å². The van der Waals surface area contributed by atoms with Crippen LogP contribution in [-0.2, 0) is 14.8 Å². The number of carbonyl (C=O) groups is 1. The zero-order valence-electron chi connectivity index (χ0n) is 14.8. The van der Waals surface area contributed by atoms with Gasteiger partial charge in [-0.15, -0.1) is 0 Å². The van der Waals surface area contributed by atoms with Crippen molar-refractivity contribution in [2.45, 2.75) is 50.3 Å². The third kappa shape index (κ3) is 5.51. The fourth-order valence-corrected chi connectivity index (χ4v) is 4.45. The molecule has 1 aliphatic rings. The number of hydrogen-bond donors (Lipinski definition) is 0. The second kappa shape index (κ2) is 9.29. The van der Waals surface area contributed by atoms with Crippen LogP contribution in [0, 0.1) is 5.82 Å². The lowest BCUT2D eigenvalue weighted by atomic mass is 10.1. The van der Waals surface area contributed by atoms with Gasteiger partial charge in [-0.05, 0) is 24.6 Å². The summed E-state index contributed by atoms with van der Waals surface area (Å²) < 4.78 is 39.7. The smallest absolute Gasteiger partial charge is 0.243 e. The van der Waals surface area contributed by atoms with Crippen molar-refractivity contribution in [3.63, 3.8) is 0 Å². The molecular weight excluding hydrogens is 343 g/mol. The highest BCUT2D eigenvalue weighted by atomic mass is 32.2. The predicted octanol–water partition coefficient (Wildman–Crippen LogP) is 3.02. The molecule has 2 rings (SSSR count). The minimum atomic E-state index is -3.71. The standard InChI is InChI=1S/C18H27FN2O3S/c1-2-3-4-5-6-10-18(22)20-11-13-21(14-12-20)25(23,24)17-9-7-8-16(19)15-17/h7-9,15H,2-6,10-14H2,1H3. The SMILES string of the molecule is CCCCCCCC(=O)N1CCN(S(=O)(=O)c2cccc(F)c2)CC1. The Morgan fingerprint density at radius 3 is 2.40 bits per heavy atom. The van der Waals surface area contributed by atoms with E-state index in [0.717, 1.165) is 25.3 Å². The number of sulfonamides is 1. The monoisotopic (exact) mass is 370 g/mol. The minimum Gasteiger partial charge on any atom is -0.340 e. The van der Waals surface area contributed by atoms with Crippen LogP contribution >= 0.6 is 0 Å². The first-order valence-electron chi connectivity index (χ1n) is 8.98. The zero-order chi connectivity index (χ0) is 18.3. The van der Waals surface area contributed by atoms with E-state index in [9.17, 15) is 17.6 Å². The van der Waals surface area contributed by atoms with Crippen LogP contribution in [-0.4, -0.2) is 49.7 Å². The molecule has 25 heavy (non-hydrogen) atoms. The molecule has 0 atom stereocenters.